The van der Waals surface area contributed by atoms with Gasteiger partial charge in [-0.05, 0) is 51.8 Å². The van der Waals surface area contributed by atoms with Gasteiger partial charge in [0.25, 0.3) is 10.0 Å². The van der Waals surface area contributed by atoms with E-state index in [9.17, 15) is 40.3 Å². The van der Waals surface area contributed by atoms with Gasteiger partial charge in [0.2, 0.25) is 0 Å². The van der Waals surface area contributed by atoms with Crippen molar-refractivity contribution in [3.63, 3.8) is 0 Å². The lowest BCUT2D eigenvalue weighted by molar-refractivity contribution is -0.277. The van der Waals surface area contributed by atoms with E-state index in [1.54, 1.807) is 0 Å². The number of halogens is 5. The molecule has 0 aliphatic carbocycles. The first-order valence-corrected chi connectivity index (χ1v) is 14.8. The molecule has 3 aliphatic heterocycles. The molecule has 0 unspecified atom stereocenters. The lowest BCUT2D eigenvalue weighted by Crippen LogP contribution is -2.63. The predicted molar refractivity (Wildman–Crippen MR) is 137 cm³/mol. The maximum absolute atomic E-state index is 14.9. The van der Waals surface area contributed by atoms with Crippen LogP contribution in [0.4, 0.5) is 26.7 Å². The molecule has 2 fully saturated rings. The summed E-state index contributed by atoms with van der Waals surface area (Å²) in [5, 5.41) is 13.5. The molecule has 42 heavy (non-hydrogen) atoms. The first kappa shape index (κ1) is 30.6. The number of benzene rings is 1. The van der Waals surface area contributed by atoms with Gasteiger partial charge < -0.3 is 14.6 Å². The van der Waals surface area contributed by atoms with Crippen LogP contribution < -0.4 is 0 Å². The molecule has 232 valence electrons. The first-order chi connectivity index (χ1) is 19.5. The average Bonchev–Trinajstić information content (AvgIpc) is 3.61. The molecule has 4 heterocycles. The van der Waals surface area contributed by atoms with Gasteiger partial charge in [0, 0.05) is 48.6 Å². The first-order valence-electron chi connectivity index (χ1n) is 13.3. The maximum Gasteiger partial charge on any atom is 0.416 e. The van der Waals surface area contributed by atoms with Crippen molar-refractivity contribution in [3.05, 3.63) is 52.9 Å². The van der Waals surface area contributed by atoms with Gasteiger partial charge >= 0.3 is 12.3 Å². The molecule has 1 N–H and O–H groups in total. The second-order valence-corrected chi connectivity index (χ2v) is 13.9. The van der Waals surface area contributed by atoms with Crippen LogP contribution in [0.2, 0.25) is 0 Å². The van der Waals surface area contributed by atoms with E-state index >= 15 is 0 Å². The average molecular weight is 623 g/mol. The number of nitrogens with zero attached hydrogens (tertiary/aromatic N) is 4. The van der Waals surface area contributed by atoms with E-state index in [2.05, 4.69) is 5.10 Å². The van der Waals surface area contributed by atoms with Gasteiger partial charge in [0.15, 0.2) is 6.10 Å². The van der Waals surface area contributed by atoms with Crippen molar-refractivity contribution < 1.29 is 49.7 Å². The molecule has 0 saturated carbocycles. The summed E-state index contributed by atoms with van der Waals surface area (Å²) in [5.41, 5.74) is -1.01. The topological polar surface area (TPSA) is 114 Å². The molecule has 1 amide bonds. The van der Waals surface area contributed by atoms with E-state index in [4.69, 9.17) is 9.47 Å². The van der Waals surface area contributed by atoms with Crippen LogP contribution in [-0.2, 0) is 32.6 Å². The fourth-order valence-corrected chi connectivity index (χ4v) is 7.52. The summed E-state index contributed by atoms with van der Waals surface area (Å²) >= 11 is 0. The van der Waals surface area contributed by atoms with E-state index in [0.29, 0.717) is 24.7 Å². The minimum atomic E-state index is -4.96. The summed E-state index contributed by atoms with van der Waals surface area (Å²) in [7, 11) is -3.87. The fourth-order valence-electron chi connectivity index (χ4n) is 6.07. The molecule has 10 nitrogen and oxygen atoms in total. The number of alkyl halides is 3. The molecule has 3 aliphatic rings. The van der Waals surface area contributed by atoms with Crippen molar-refractivity contribution in [2.45, 2.75) is 88.0 Å². The number of hydrogen-bond donors (Lipinski definition) is 1. The highest BCUT2D eigenvalue weighted by Crippen LogP contribution is 2.46. The summed E-state index contributed by atoms with van der Waals surface area (Å²) in [6.45, 7) is 4.66. The van der Waals surface area contributed by atoms with Crippen LogP contribution >= 0.6 is 0 Å². The molecule has 1 aromatic carbocycles. The van der Waals surface area contributed by atoms with Crippen LogP contribution in [0.1, 0.15) is 56.5 Å². The van der Waals surface area contributed by atoms with E-state index < -0.39 is 81.0 Å². The molecule has 5 atom stereocenters. The van der Waals surface area contributed by atoms with Gasteiger partial charge in [0.1, 0.15) is 23.0 Å². The number of ether oxygens (including phenoxy) is 2. The molecule has 2 saturated heterocycles. The number of amides is 1. The monoisotopic (exact) mass is 622 g/mol. The van der Waals surface area contributed by atoms with E-state index in [1.165, 1.54) is 31.9 Å². The third-order valence-electron chi connectivity index (χ3n) is 7.94. The van der Waals surface area contributed by atoms with Gasteiger partial charge in [-0.25, -0.2) is 22.0 Å². The van der Waals surface area contributed by atoms with Crippen molar-refractivity contribution in [1.29, 1.82) is 0 Å². The predicted octanol–water partition coefficient (Wildman–Crippen LogP) is 4.05. The van der Waals surface area contributed by atoms with Gasteiger partial charge in [-0.15, -0.1) is 0 Å². The number of rotatable bonds is 5. The Hall–Kier alpha value is -2.82. The number of hydrogen-bond acceptors (Lipinski definition) is 7. The Labute approximate surface area is 239 Å². The zero-order valence-electron chi connectivity index (χ0n) is 23.0. The third-order valence-corrected chi connectivity index (χ3v) is 9.87. The zero-order valence-corrected chi connectivity index (χ0v) is 23.8. The SMILES string of the molecule is CC(C)(C)N(C(=O)O)[C@H]1C[C@@H](N2Cc3cn(S(=O)(=O)[C@@H]4CCOC4)nc3C2)[C@@H](C(F)(F)F)O[C@@H]1c1cc(F)ccc1F. The largest absolute Gasteiger partial charge is 0.465 e. The van der Waals surface area contributed by atoms with Gasteiger partial charge in [-0.2, -0.15) is 22.4 Å². The molecule has 0 radical (unpaired) electrons. The van der Waals surface area contributed by atoms with Gasteiger partial charge in [-0.1, -0.05) is 0 Å². The van der Waals surface area contributed by atoms with Gasteiger partial charge in [-0.3, -0.25) is 9.80 Å². The van der Waals surface area contributed by atoms with E-state index in [-0.39, 0.29) is 25.4 Å². The highest BCUT2D eigenvalue weighted by molar-refractivity contribution is 7.90. The van der Waals surface area contributed by atoms with E-state index in [0.717, 1.165) is 21.1 Å². The summed E-state index contributed by atoms with van der Waals surface area (Å²) in [6, 6.07) is -0.507. The Bertz CT molecular complexity index is 1430. The van der Waals surface area contributed by atoms with Crippen LogP contribution in [0.5, 0.6) is 0 Å². The smallest absolute Gasteiger partial charge is 0.416 e. The molecule has 1 aromatic heterocycles. The Morgan fingerprint density at radius 3 is 2.45 bits per heavy atom. The number of carbonyl (C=O) groups is 1. The lowest BCUT2D eigenvalue weighted by Gasteiger charge is -2.51. The molecular weight excluding hydrogens is 591 g/mol. The summed E-state index contributed by atoms with van der Waals surface area (Å²) in [4.78, 5) is 14.8. The Morgan fingerprint density at radius 1 is 1.17 bits per heavy atom. The zero-order chi connectivity index (χ0) is 30.8. The highest BCUT2D eigenvalue weighted by Gasteiger charge is 2.57. The van der Waals surface area contributed by atoms with Crippen molar-refractivity contribution in [2.75, 3.05) is 13.2 Å². The Balaban J connectivity index is 1.50. The molecule has 5 rings (SSSR count). The molecule has 0 bridgehead atoms. The minimum absolute atomic E-state index is 0.0218. The normalized spacial score (nSPS) is 27.3. The summed E-state index contributed by atoms with van der Waals surface area (Å²) in [5.74, 6) is -1.95. The fraction of sp³-hybridized carbons (Fsp3) is 0.615. The van der Waals surface area contributed by atoms with Crippen LogP contribution in [-0.4, -0.2) is 87.0 Å². The van der Waals surface area contributed by atoms with Crippen molar-refractivity contribution in [2.24, 2.45) is 0 Å². The van der Waals surface area contributed by atoms with Crippen molar-refractivity contribution in [1.82, 2.24) is 19.0 Å². The van der Waals surface area contributed by atoms with Crippen LogP contribution in [0.25, 0.3) is 0 Å². The molecule has 16 heteroatoms. The van der Waals surface area contributed by atoms with Crippen molar-refractivity contribution >= 4 is 16.1 Å². The van der Waals surface area contributed by atoms with Gasteiger partial charge in [0.05, 0.1) is 18.3 Å². The molecular formula is C26H31F5N4O6S. The Kier molecular flexibility index (Phi) is 7.82. The number of aromatic nitrogens is 2. The second kappa shape index (κ2) is 10.7. The van der Waals surface area contributed by atoms with Crippen molar-refractivity contribution in [3.8, 4) is 0 Å². The number of fused-ring (bicyclic) bond motifs is 1. The molecule has 0 spiro atoms. The lowest BCUT2D eigenvalue weighted by atomic mass is 9.85. The van der Waals surface area contributed by atoms with Crippen LogP contribution in [0.3, 0.4) is 0 Å². The number of carboxylic acid groups (broad SMARTS) is 1. The second-order valence-electron chi connectivity index (χ2n) is 11.8. The third kappa shape index (κ3) is 5.61. The Morgan fingerprint density at radius 2 is 1.88 bits per heavy atom. The minimum Gasteiger partial charge on any atom is -0.465 e. The van der Waals surface area contributed by atoms with Crippen LogP contribution in [0, 0.1) is 11.6 Å². The summed E-state index contributed by atoms with van der Waals surface area (Å²) in [6.07, 6.45) is -9.55. The standard InChI is InChI=1S/C26H31F5N4O6S/c1-25(2,3)35(24(36)37)20-9-21(23(26(29,30)31)41-22(20)17-8-15(27)4-5-18(17)28)33-10-14-11-34(32-19(14)12-33)42(38,39)16-6-7-40-13-16/h4-5,8,11,16,20-23H,6-7,9-10,12-13H2,1-3H3,(H,36,37)/t16-,20+,21-,22-,23+/m1/s1. The maximum atomic E-state index is 14.9. The molecule has 2 aromatic rings. The van der Waals surface area contributed by atoms with E-state index in [1.807, 2.05) is 0 Å². The highest BCUT2D eigenvalue weighted by atomic mass is 32.2. The van der Waals surface area contributed by atoms with Crippen LogP contribution in [0.15, 0.2) is 24.4 Å². The summed E-state index contributed by atoms with van der Waals surface area (Å²) < 4.78 is 110. The quantitative estimate of drug-likeness (QED) is 0.497.